The first kappa shape index (κ1) is 12.4. The molecule has 1 aromatic carbocycles. The van der Waals surface area contributed by atoms with Crippen molar-refractivity contribution in [2.45, 2.75) is 25.7 Å². The second-order valence-corrected chi connectivity index (χ2v) is 5.21. The van der Waals surface area contributed by atoms with Gasteiger partial charge in [-0.25, -0.2) is 4.98 Å². The van der Waals surface area contributed by atoms with E-state index in [2.05, 4.69) is 22.4 Å². The third kappa shape index (κ3) is 2.69. The molecule has 4 heteroatoms. The van der Waals surface area contributed by atoms with Gasteiger partial charge in [0.25, 0.3) is 0 Å². The van der Waals surface area contributed by atoms with E-state index in [4.69, 9.17) is 9.47 Å². The number of benzene rings is 1. The first-order valence-electron chi connectivity index (χ1n) is 6.53. The molecule has 1 unspecified atom stereocenters. The van der Waals surface area contributed by atoms with Gasteiger partial charge in [0.15, 0.2) is 5.79 Å². The van der Waals surface area contributed by atoms with E-state index in [1.807, 2.05) is 38.2 Å². The number of aromatic nitrogens is 1. The third-order valence-corrected chi connectivity index (χ3v) is 3.24. The van der Waals surface area contributed by atoms with Crippen LogP contribution in [-0.2, 0) is 9.47 Å². The highest BCUT2D eigenvalue weighted by atomic mass is 16.7. The van der Waals surface area contributed by atoms with Gasteiger partial charge in [0.1, 0.15) is 11.9 Å². The van der Waals surface area contributed by atoms with Gasteiger partial charge in [-0.2, -0.15) is 0 Å². The minimum atomic E-state index is -0.474. The molecule has 19 heavy (non-hydrogen) atoms. The quantitative estimate of drug-likeness (QED) is 0.919. The Morgan fingerprint density at radius 1 is 1.32 bits per heavy atom. The van der Waals surface area contributed by atoms with Crippen LogP contribution < -0.4 is 5.32 Å². The molecule has 0 spiro atoms. The second-order valence-electron chi connectivity index (χ2n) is 5.21. The summed E-state index contributed by atoms with van der Waals surface area (Å²) in [6.07, 6.45) is 1.89. The Kier molecular flexibility index (Phi) is 3.12. The van der Waals surface area contributed by atoms with Crippen LogP contribution >= 0.6 is 0 Å². The molecule has 1 aliphatic heterocycles. The topological polar surface area (TPSA) is 43.4 Å². The Hall–Kier alpha value is -1.65. The van der Waals surface area contributed by atoms with Crippen LogP contribution in [0.3, 0.4) is 0 Å². The van der Waals surface area contributed by atoms with E-state index in [1.54, 1.807) is 0 Å². The van der Waals surface area contributed by atoms with Crippen molar-refractivity contribution in [3.05, 3.63) is 36.5 Å². The number of hydrogen-bond donors (Lipinski definition) is 1. The van der Waals surface area contributed by atoms with Crippen molar-refractivity contribution >= 4 is 16.6 Å². The van der Waals surface area contributed by atoms with Gasteiger partial charge < -0.3 is 14.8 Å². The van der Waals surface area contributed by atoms with Crippen LogP contribution in [0.4, 0.5) is 5.82 Å². The molecule has 1 saturated heterocycles. The van der Waals surface area contributed by atoms with Crippen LogP contribution in [0.2, 0.25) is 0 Å². The van der Waals surface area contributed by atoms with Crippen molar-refractivity contribution in [1.29, 1.82) is 0 Å². The monoisotopic (exact) mass is 258 g/mol. The summed E-state index contributed by atoms with van der Waals surface area (Å²) in [5.41, 5.74) is 0. The molecule has 3 rings (SSSR count). The molecule has 1 fully saturated rings. The standard InChI is InChI=1S/C15H18N2O2/c1-15(2)18-10-12(19-15)9-17-14-13-6-4-3-5-11(13)7-8-16-14/h3-8,12H,9-10H2,1-2H3,(H,16,17). The maximum atomic E-state index is 5.77. The highest BCUT2D eigenvalue weighted by Crippen LogP contribution is 2.24. The van der Waals surface area contributed by atoms with E-state index in [0.29, 0.717) is 13.2 Å². The zero-order valence-electron chi connectivity index (χ0n) is 11.2. The fraction of sp³-hybridized carbons (Fsp3) is 0.400. The predicted octanol–water partition coefficient (Wildman–Crippen LogP) is 2.80. The molecule has 0 bridgehead atoms. The van der Waals surface area contributed by atoms with Gasteiger partial charge in [-0.05, 0) is 25.3 Å². The molecule has 1 atom stereocenters. The van der Waals surface area contributed by atoms with E-state index >= 15 is 0 Å². The molecule has 1 aromatic heterocycles. The maximum absolute atomic E-state index is 5.77. The van der Waals surface area contributed by atoms with Crippen molar-refractivity contribution in [2.75, 3.05) is 18.5 Å². The fourth-order valence-corrected chi connectivity index (χ4v) is 2.33. The highest BCUT2D eigenvalue weighted by molar-refractivity contribution is 5.91. The molecular weight excluding hydrogens is 240 g/mol. The van der Waals surface area contributed by atoms with Crippen LogP contribution in [0.25, 0.3) is 10.8 Å². The lowest BCUT2D eigenvalue weighted by atomic mass is 10.1. The van der Waals surface area contributed by atoms with Gasteiger partial charge in [0.05, 0.1) is 6.61 Å². The summed E-state index contributed by atoms with van der Waals surface area (Å²) >= 11 is 0. The molecule has 100 valence electrons. The van der Waals surface area contributed by atoms with E-state index in [1.165, 1.54) is 5.39 Å². The van der Waals surface area contributed by atoms with E-state index in [-0.39, 0.29) is 6.10 Å². The second kappa shape index (κ2) is 4.79. The van der Waals surface area contributed by atoms with E-state index < -0.39 is 5.79 Å². The lowest BCUT2D eigenvalue weighted by Gasteiger charge is -2.17. The summed E-state index contributed by atoms with van der Waals surface area (Å²) in [7, 11) is 0. The highest BCUT2D eigenvalue weighted by Gasteiger charge is 2.32. The van der Waals surface area contributed by atoms with Gasteiger partial charge in [0, 0.05) is 18.1 Å². The zero-order valence-corrected chi connectivity index (χ0v) is 11.2. The number of fused-ring (bicyclic) bond motifs is 1. The number of nitrogens with zero attached hydrogens (tertiary/aromatic N) is 1. The van der Waals surface area contributed by atoms with Crippen LogP contribution in [0.5, 0.6) is 0 Å². The Bertz CT molecular complexity index is 578. The number of hydrogen-bond acceptors (Lipinski definition) is 4. The van der Waals surface area contributed by atoms with Crippen molar-refractivity contribution < 1.29 is 9.47 Å². The largest absolute Gasteiger partial charge is 0.367 e. The minimum Gasteiger partial charge on any atom is -0.367 e. The van der Waals surface area contributed by atoms with E-state index in [0.717, 1.165) is 11.2 Å². The normalized spacial score (nSPS) is 21.7. The molecule has 0 radical (unpaired) electrons. The van der Waals surface area contributed by atoms with Crippen molar-refractivity contribution in [1.82, 2.24) is 4.98 Å². The lowest BCUT2D eigenvalue weighted by molar-refractivity contribution is -0.136. The number of nitrogens with one attached hydrogen (secondary N) is 1. The minimum absolute atomic E-state index is 0.0655. The molecule has 0 aliphatic carbocycles. The van der Waals surface area contributed by atoms with Crippen molar-refractivity contribution in [3.63, 3.8) is 0 Å². The van der Waals surface area contributed by atoms with Crippen LogP contribution in [0, 0.1) is 0 Å². The maximum Gasteiger partial charge on any atom is 0.163 e. The summed E-state index contributed by atoms with van der Waals surface area (Å²) in [4.78, 5) is 4.40. The Morgan fingerprint density at radius 3 is 2.95 bits per heavy atom. The molecule has 0 saturated carbocycles. The summed E-state index contributed by atoms with van der Waals surface area (Å²) in [6.45, 7) is 5.18. The summed E-state index contributed by atoms with van der Waals surface area (Å²) < 4.78 is 11.3. The molecular formula is C15H18N2O2. The Morgan fingerprint density at radius 2 is 2.16 bits per heavy atom. The van der Waals surface area contributed by atoms with Gasteiger partial charge in [-0.15, -0.1) is 0 Å². The third-order valence-electron chi connectivity index (χ3n) is 3.24. The number of ether oxygens (including phenoxy) is 2. The first-order chi connectivity index (χ1) is 9.14. The molecule has 0 amide bonds. The number of anilines is 1. The smallest absolute Gasteiger partial charge is 0.163 e. The summed E-state index contributed by atoms with van der Waals surface area (Å²) in [5.74, 6) is 0.421. The predicted molar refractivity (Wildman–Crippen MR) is 75.1 cm³/mol. The van der Waals surface area contributed by atoms with Crippen LogP contribution in [0.1, 0.15) is 13.8 Å². The Labute approximate surface area is 112 Å². The molecule has 4 nitrogen and oxygen atoms in total. The molecule has 2 heterocycles. The van der Waals surface area contributed by atoms with E-state index in [9.17, 15) is 0 Å². The molecule has 1 N–H and O–H groups in total. The van der Waals surface area contributed by atoms with Crippen LogP contribution in [0.15, 0.2) is 36.5 Å². The fourth-order valence-electron chi connectivity index (χ4n) is 2.33. The first-order valence-corrected chi connectivity index (χ1v) is 6.53. The zero-order chi connectivity index (χ0) is 13.3. The average Bonchev–Trinajstić information content (AvgIpc) is 2.76. The van der Waals surface area contributed by atoms with Gasteiger partial charge in [-0.1, -0.05) is 24.3 Å². The summed E-state index contributed by atoms with van der Waals surface area (Å²) in [6, 6.07) is 10.2. The average molecular weight is 258 g/mol. The molecule has 1 aliphatic rings. The summed E-state index contributed by atoms with van der Waals surface area (Å²) in [5, 5.41) is 5.66. The van der Waals surface area contributed by atoms with Gasteiger partial charge >= 0.3 is 0 Å². The van der Waals surface area contributed by atoms with Crippen molar-refractivity contribution in [3.8, 4) is 0 Å². The van der Waals surface area contributed by atoms with Crippen molar-refractivity contribution in [2.24, 2.45) is 0 Å². The van der Waals surface area contributed by atoms with Crippen LogP contribution in [-0.4, -0.2) is 30.0 Å². The lowest BCUT2D eigenvalue weighted by Crippen LogP contribution is -2.26. The number of rotatable bonds is 3. The molecule has 2 aromatic rings. The van der Waals surface area contributed by atoms with Gasteiger partial charge in [0.2, 0.25) is 0 Å². The van der Waals surface area contributed by atoms with Gasteiger partial charge in [-0.3, -0.25) is 0 Å². The Balaban J connectivity index is 1.72. The number of pyridine rings is 1. The SMILES string of the molecule is CC1(C)OCC(CNc2nccc3ccccc23)O1.